The molecule has 0 bridgehead atoms. The first-order valence-corrected chi connectivity index (χ1v) is 12.0. The number of nitrogens with zero attached hydrogens (tertiary/aromatic N) is 1. The number of nitrogens with one attached hydrogen (secondary N) is 2. The summed E-state index contributed by atoms with van der Waals surface area (Å²) < 4.78 is 39.5. The Hall–Kier alpha value is -3.32. The summed E-state index contributed by atoms with van der Waals surface area (Å²) in [7, 11) is 0. The molecule has 0 atom stereocenters. The van der Waals surface area contributed by atoms with Crippen LogP contribution < -0.4 is 10.6 Å². The average Bonchev–Trinajstić information content (AvgIpc) is 2.88. The topological polar surface area (TPSA) is 44.4 Å². The Bertz CT molecular complexity index is 1040. The standard InChI is InChI=1S/C28H30F3N3O/c29-28(30,31)23-12-7-13-24(20-23)33-27(35)34(25-14-17-32-18-15-25)19-16-26(21-8-3-1-4-9-21)22-10-5-2-6-11-22/h1-13,20,25-26,32H,14-19H2,(H,33,35). The Balaban J connectivity index is 1.55. The summed E-state index contributed by atoms with van der Waals surface area (Å²) in [6.45, 7) is 2.10. The van der Waals surface area contributed by atoms with Crippen molar-refractivity contribution in [2.75, 3.05) is 25.0 Å². The molecule has 1 fully saturated rings. The number of carbonyl (C=O) groups is 1. The molecule has 4 nitrogen and oxygen atoms in total. The normalized spacial score (nSPS) is 14.6. The van der Waals surface area contributed by atoms with E-state index in [0.717, 1.165) is 38.1 Å². The lowest BCUT2D eigenvalue weighted by atomic mass is 9.88. The minimum absolute atomic E-state index is 0.0224. The van der Waals surface area contributed by atoms with Crippen molar-refractivity contribution in [1.82, 2.24) is 10.2 Å². The molecule has 0 aliphatic carbocycles. The minimum Gasteiger partial charge on any atom is -0.321 e. The number of benzene rings is 3. The number of carbonyl (C=O) groups excluding carboxylic acids is 1. The molecule has 35 heavy (non-hydrogen) atoms. The van der Waals surface area contributed by atoms with Crippen molar-refractivity contribution in [2.45, 2.75) is 37.4 Å². The summed E-state index contributed by atoms with van der Waals surface area (Å²) in [6.07, 6.45) is -2.16. The van der Waals surface area contributed by atoms with Crippen molar-refractivity contribution in [1.29, 1.82) is 0 Å². The maximum absolute atomic E-state index is 13.4. The Labute approximate surface area is 204 Å². The van der Waals surface area contributed by atoms with Gasteiger partial charge in [-0.1, -0.05) is 66.7 Å². The Morgan fingerprint density at radius 2 is 1.51 bits per heavy atom. The Morgan fingerprint density at radius 3 is 2.09 bits per heavy atom. The third kappa shape index (κ3) is 6.63. The van der Waals surface area contributed by atoms with Gasteiger partial charge >= 0.3 is 12.2 Å². The number of urea groups is 1. The molecule has 0 spiro atoms. The summed E-state index contributed by atoms with van der Waals surface area (Å²) in [5.41, 5.74) is 1.70. The van der Waals surface area contributed by atoms with Crippen molar-refractivity contribution in [3.8, 4) is 0 Å². The van der Waals surface area contributed by atoms with Crippen LogP contribution in [0, 0.1) is 0 Å². The fraction of sp³-hybridized carbons (Fsp3) is 0.321. The highest BCUT2D eigenvalue weighted by Gasteiger charge is 2.31. The molecule has 0 saturated carbocycles. The van der Waals surface area contributed by atoms with Crippen molar-refractivity contribution in [3.05, 3.63) is 102 Å². The molecule has 1 heterocycles. The number of hydrogen-bond donors (Lipinski definition) is 2. The summed E-state index contributed by atoms with van der Waals surface area (Å²) in [5, 5.41) is 6.04. The fourth-order valence-electron chi connectivity index (χ4n) is 4.70. The van der Waals surface area contributed by atoms with Gasteiger partial charge in [-0.05, 0) is 61.7 Å². The summed E-state index contributed by atoms with van der Waals surface area (Å²) in [4.78, 5) is 15.2. The molecule has 0 unspecified atom stereocenters. The van der Waals surface area contributed by atoms with Crippen LogP contribution in [0.5, 0.6) is 0 Å². The second kappa shape index (κ2) is 11.4. The Kier molecular flexibility index (Phi) is 8.08. The van der Waals surface area contributed by atoms with Crippen molar-refractivity contribution < 1.29 is 18.0 Å². The van der Waals surface area contributed by atoms with E-state index in [2.05, 4.69) is 34.9 Å². The molecule has 4 rings (SSSR count). The number of halogens is 3. The van der Waals surface area contributed by atoms with E-state index in [1.54, 1.807) is 4.90 Å². The van der Waals surface area contributed by atoms with Gasteiger partial charge in [-0.3, -0.25) is 0 Å². The van der Waals surface area contributed by atoms with Crippen molar-refractivity contribution >= 4 is 11.7 Å². The van der Waals surface area contributed by atoms with Crippen LogP contribution in [0.25, 0.3) is 0 Å². The van der Waals surface area contributed by atoms with E-state index in [9.17, 15) is 18.0 Å². The average molecular weight is 482 g/mol. The zero-order valence-corrected chi connectivity index (χ0v) is 19.5. The molecular weight excluding hydrogens is 451 g/mol. The van der Waals surface area contributed by atoms with Gasteiger partial charge < -0.3 is 15.5 Å². The van der Waals surface area contributed by atoms with E-state index >= 15 is 0 Å². The van der Waals surface area contributed by atoms with E-state index in [0.29, 0.717) is 13.0 Å². The first-order valence-electron chi connectivity index (χ1n) is 12.0. The lowest BCUT2D eigenvalue weighted by molar-refractivity contribution is -0.137. The van der Waals surface area contributed by atoms with E-state index in [-0.39, 0.29) is 23.7 Å². The second-order valence-corrected chi connectivity index (χ2v) is 8.85. The SMILES string of the molecule is O=C(Nc1cccc(C(F)(F)F)c1)N(CCC(c1ccccc1)c1ccccc1)C1CCNCC1. The minimum atomic E-state index is -4.46. The quantitative estimate of drug-likeness (QED) is 0.404. The summed E-state index contributed by atoms with van der Waals surface area (Å²) in [5.74, 6) is 0.1000. The van der Waals surface area contributed by atoms with Gasteiger partial charge in [-0.2, -0.15) is 13.2 Å². The molecule has 1 aliphatic rings. The van der Waals surface area contributed by atoms with Crippen LogP contribution in [0.4, 0.5) is 23.7 Å². The second-order valence-electron chi connectivity index (χ2n) is 8.85. The van der Waals surface area contributed by atoms with Crippen LogP contribution in [0.1, 0.15) is 41.9 Å². The zero-order valence-electron chi connectivity index (χ0n) is 19.5. The lowest BCUT2D eigenvalue weighted by Crippen LogP contribution is -2.48. The number of amides is 2. The molecule has 3 aromatic rings. The van der Waals surface area contributed by atoms with Gasteiger partial charge in [0.1, 0.15) is 0 Å². The van der Waals surface area contributed by atoms with Gasteiger partial charge in [0.05, 0.1) is 5.56 Å². The number of alkyl halides is 3. The fourth-order valence-corrected chi connectivity index (χ4v) is 4.70. The predicted octanol–water partition coefficient (Wildman–Crippen LogP) is 6.51. The van der Waals surface area contributed by atoms with Crippen LogP contribution >= 0.6 is 0 Å². The maximum Gasteiger partial charge on any atom is 0.416 e. The molecule has 0 aromatic heterocycles. The monoisotopic (exact) mass is 481 g/mol. The molecule has 7 heteroatoms. The number of rotatable bonds is 7. The Morgan fingerprint density at radius 1 is 0.914 bits per heavy atom. The molecule has 3 aromatic carbocycles. The van der Waals surface area contributed by atoms with Crippen molar-refractivity contribution in [2.24, 2.45) is 0 Å². The van der Waals surface area contributed by atoms with Gasteiger partial charge in [-0.15, -0.1) is 0 Å². The molecular formula is C28H30F3N3O. The van der Waals surface area contributed by atoms with Crippen LogP contribution in [0.15, 0.2) is 84.9 Å². The number of hydrogen-bond acceptors (Lipinski definition) is 2. The van der Waals surface area contributed by atoms with Crippen LogP contribution in [0.2, 0.25) is 0 Å². The van der Waals surface area contributed by atoms with Crippen LogP contribution in [-0.4, -0.2) is 36.6 Å². The lowest BCUT2D eigenvalue weighted by Gasteiger charge is -2.35. The van der Waals surface area contributed by atoms with E-state index in [1.165, 1.54) is 23.3 Å². The zero-order chi connectivity index (χ0) is 24.7. The molecule has 0 radical (unpaired) electrons. The smallest absolute Gasteiger partial charge is 0.321 e. The maximum atomic E-state index is 13.4. The van der Waals surface area contributed by atoms with Gasteiger partial charge in [-0.25, -0.2) is 4.79 Å². The van der Waals surface area contributed by atoms with E-state index < -0.39 is 11.7 Å². The summed E-state index contributed by atoms with van der Waals surface area (Å²) in [6, 6.07) is 24.8. The van der Waals surface area contributed by atoms with Crippen LogP contribution in [0.3, 0.4) is 0 Å². The molecule has 2 N–H and O–H groups in total. The number of anilines is 1. The summed E-state index contributed by atoms with van der Waals surface area (Å²) >= 11 is 0. The third-order valence-corrected chi connectivity index (χ3v) is 6.51. The number of piperidine rings is 1. The third-order valence-electron chi connectivity index (χ3n) is 6.51. The highest BCUT2D eigenvalue weighted by Crippen LogP contribution is 2.32. The molecule has 1 saturated heterocycles. The molecule has 184 valence electrons. The van der Waals surface area contributed by atoms with Crippen LogP contribution in [-0.2, 0) is 6.18 Å². The van der Waals surface area contributed by atoms with E-state index in [1.807, 2.05) is 36.4 Å². The predicted molar refractivity (Wildman–Crippen MR) is 132 cm³/mol. The largest absolute Gasteiger partial charge is 0.416 e. The van der Waals surface area contributed by atoms with Gasteiger partial charge in [0.15, 0.2) is 0 Å². The van der Waals surface area contributed by atoms with Gasteiger partial charge in [0.25, 0.3) is 0 Å². The molecule has 2 amide bonds. The van der Waals surface area contributed by atoms with E-state index in [4.69, 9.17) is 0 Å². The molecule has 1 aliphatic heterocycles. The van der Waals surface area contributed by atoms with Gasteiger partial charge in [0, 0.05) is 24.2 Å². The highest BCUT2D eigenvalue weighted by molar-refractivity contribution is 5.89. The van der Waals surface area contributed by atoms with Crippen molar-refractivity contribution in [3.63, 3.8) is 0 Å². The van der Waals surface area contributed by atoms with Gasteiger partial charge in [0.2, 0.25) is 0 Å². The first-order chi connectivity index (χ1) is 16.9. The highest BCUT2D eigenvalue weighted by atomic mass is 19.4. The first kappa shape index (κ1) is 24.8.